The Morgan fingerprint density at radius 3 is 1.34 bits per heavy atom. The normalized spacial score (nSPS) is 14.0. The molecule has 0 N–H and O–H groups in total. The van der Waals surface area contributed by atoms with Crippen LogP contribution in [0.1, 0.15) is 123 Å². The number of aryl methyl sites for hydroxylation is 7. The van der Waals surface area contributed by atoms with Crippen LogP contribution in [0.4, 0.5) is 45.5 Å². The van der Waals surface area contributed by atoms with Crippen molar-refractivity contribution in [2.24, 2.45) is 0 Å². The highest BCUT2D eigenvalue weighted by molar-refractivity contribution is 6.23. The van der Waals surface area contributed by atoms with E-state index in [2.05, 4.69) is 544 Å². The first kappa shape index (κ1) is 92.4. The van der Waals surface area contributed by atoms with Gasteiger partial charge in [0, 0.05) is 73.0 Å². The lowest BCUT2D eigenvalue weighted by Gasteiger charge is -2.32. The fourth-order valence-electron chi connectivity index (χ4n) is 21.5. The first-order valence-corrected chi connectivity index (χ1v) is 50.3. The molecule has 143 heavy (non-hydrogen) atoms. The van der Waals surface area contributed by atoms with Gasteiger partial charge >= 0.3 is 0 Å². The van der Waals surface area contributed by atoms with E-state index < -0.39 is 0 Å². The minimum Gasteiger partial charge on any atom is -0.340 e. The lowest BCUT2D eigenvalue weighted by Crippen LogP contribution is -2.36. The van der Waals surface area contributed by atoms with Crippen LogP contribution in [-0.2, 0) is 6.42 Å². The van der Waals surface area contributed by atoms with Gasteiger partial charge in [-0.25, -0.2) is 0 Å². The van der Waals surface area contributed by atoms with E-state index in [0.717, 1.165) is 110 Å². The van der Waals surface area contributed by atoms with Crippen LogP contribution in [0, 0.1) is 48.5 Å². The molecule has 1 unspecified atom stereocenters. The van der Waals surface area contributed by atoms with Crippen molar-refractivity contribution in [1.82, 2.24) is 0 Å². The summed E-state index contributed by atoms with van der Waals surface area (Å²) < 4.78 is 0. The highest BCUT2D eigenvalue weighted by Gasteiger charge is 2.31. The van der Waals surface area contributed by atoms with E-state index >= 15 is 0 Å². The number of fused-ring (bicyclic) bond motifs is 5. The van der Waals surface area contributed by atoms with Gasteiger partial charge in [-0.15, -0.1) is 0 Å². The van der Waals surface area contributed by atoms with Crippen LogP contribution < -0.4 is 40.5 Å². The van der Waals surface area contributed by atoms with Gasteiger partial charge in [0.1, 0.15) is 0 Å². The SMILES string of the molecule is C=Cc1cc2ccccc2c(-c2cc(-c3c4c(c(N(c5ccc(C)cc5)c5ccc(C)cc5)c5ccccc35)C=CCC4)cc(-c3c4ccccc4c(N(c4ccc(C)cc4)c4ccc(C)cc4)c4ccccc34)c2)c1C=C.CC1=CCC(N(C=c2ccccc2=C(c2ccccc2)c2cc(C)cc(C=c3ccccc3=C(c3ccccc3)N(C3=CC=C(C)CC3)c3ccc(C)cc3)c2)c2ccc(C)cc2)C=C1. The van der Waals surface area contributed by atoms with E-state index in [1.165, 1.54) is 176 Å². The monoisotopic (exact) mass is 1840 g/mol. The Hall–Kier alpha value is -16.9. The number of benzene rings is 19. The molecule has 19 aromatic carbocycles. The van der Waals surface area contributed by atoms with Crippen LogP contribution in [0.3, 0.4) is 0 Å². The summed E-state index contributed by atoms with van der Waals surface area (Å²) in [5.41, 5.74) is 40.7. The van der Waals surface area contributed by atoms with Crippen molar-refractivity contribution in [1.29, 1.82) is 0 Å². The quantitative estimate of drug-likeness (QED) is 0.0665. The zero-order valence-electron chi connectivity index (χ0n) is 83.2. The Bertz CT molecular complexity index is 8420. The maximum absolute atomic E-state index is 4.48. The molecule has 694 valence electrons. The minimum absolute atomic E-state index is 0.198. The summed E-state index contributed by atoms with van der Waals surface area (Å²) in [5.74, 6) is 0. The average molecular weight is 1840 g/mol. The molecule has 0 aromatic heterocycles. The van der Waals surface area contributed by atoms with Gasteiger partial charge in [0.15, 0.2) is 0 Å². The second kappa shape index (κ2) is 40.9. The smallest absolute Gasteiger partial charge is 0.0618 e. The second-order valence-electron chi connectivity index (χ2n) is 38.8. The number of hydrogen-bond donors (Lipinski definition) is 0. The minimum atomic E-state index is 0.198. The average Bonchev–Trinajstić information content (AvgIpc) is 0.714. The van der Waals surface area contributed by atoms with Crippen molar-refractivity contribution in [3.63, 3.8) is 0 Å². The van der Waals surface area contributed by atoms with Crippen molar-refractivity contribution in [3.8, 4) is 33.4 Å². The molecule has 22 rings (SSSR count). The first-order valence-electron chi connectivity index (χ1n) is 50.3. The zero-order chi connectivity index (χ0) is 97.7. The second-order valence-corrected chi connectivity index (χ2v) is 38.8. The highest BCUT2D eigenvalue weighted by atomic mass is 15.2. The lowest BCUT2D eigenvalue weighted by molar-refractivity contribution is 0.792. The summed E-state index contributed by atoms with van der Waals surface area (Å²) in [6, 6.07) is 146. The third kappa shape index (κ3) is 19.0. The molecule has 0 heterocycles. The Kier molecular flexibility index (Phi) is 26.4. The molecule has 0 aliphatic heterocycles. The van der Waals surface area contributed by atoms with Gasteiger partial charge in [0.25, 0.3) is 0 Å². The van der Waals surface area contributed by atoms with E-state index in [9.17, 15) is 0 Å². The molecule has 0 amide bonds. The topological polar surface area (TPSA) is 13.0 Å². The fraction of sp³-hybridized carbons (Fsp3) is 0.108. The molecular weight excluding hydrogens is 1730 g/mol. The molecule has 0 radical (unpaired) electrons. The molecule has 0 fully saturated rings. The molecule has 0 spiro atoms. The van der Waals surface area contributed by atoms with E-state index in [0.29, 0.717) is 0 Å². The third-order valence-corrected chi connectivity index (χ3v) is 28.7. The molecule has 3 aliphatic rings. The van der Waals surface area contributed by atoms with Crippen molar-refractivity contribution < 1.29 is 0 Å². The number of anilines is 8. The van der Waals surface area contributed by atoms with Crippen LogP contribution in [0.15, 0.2) is 461 Å². The van der Waals surface area contributed by atoms with Crippen LogP contribution in [-0.4, -0.2) is 6.04 Å². The third-order valence-electron chi connectivity index (χ3n) is 28.7. The highest BCUT2D eigenvalue weighted by Crippen LogP contribution is 2.54. The first-order chi connectivity index (χ1) is 70.0. The van der Waals surface area contributed by atoms with E-state index in [4.69, 9.17) is 0 Å². The van der Waals surface area contributed by atoms with Crippen LogP contribution >= 0.6 is 0 Å². The van der Waals surface area contributed by atoms with Crippen molar-refractivity contribution in [2.75, 3.05) is 19.6 Å². The maximum Gasteiger partial charge on any atom is 0.0618 e. The summed E-state index contributed by atoms with van der Waals surface area (Å²) in [6.07, 6.45) is 29.9. The largest absolute Gasteiger partial charge is 0.340 e. The molecule has 0 saturated carbocycles. The van der Waals surface area contributed by atoms with Gasteiger partial charge in [-0.1, -0.05) is 397 Å². The van der Waals surface area contributed by atoms with E-state index in [-0.39, 0.29) is 6.04 Å². The van der Waals surface area contributed by atoms with Crippen LogP contribution in [0.2, 0.25) is 0 Å². The van der Waals surface area contributed by atoms with Gasteiger partial charge in [0.2, 0.25) is 0 Å². The standard InChI is InChI=1S/C76H60N2.C63H58N2/c1-7-53-45-54-19-9-10-20-63(54)72(62(53)8-2)55-46-56(73-64-21-11-15-25-68(64)75(69-26-16-12-22-65(69)73)77(58-37-29-49(3)30-38-58)59-39-31-50(4)32-40-59)48-57(47-55)74-66-23-13-17-27-70(66)76(71-28-18-14-24-67(71)74)78(60-41-33-51(5)34-42-60)61-43-35-52(6)36-44-61;1-45-24-32-56(33-25-45)64(57-34-26-46(2)27-35-57)44-54-21-13-14-22-60(54)62(51-16-8-6-9-17-51)55-41-49(5)40-50(43-55)42-53-20-12-15-23-61(53)63(52-18-10-7-11-19-52)65(58-36-28-47(3)29-37-58)59-38-30-48(4)31-39-59/h7-13,15-23,25-48H,1-2,14,24H2,3-6H3;6-30,32-34,36-38,40-44,57H,31,35,39H2,1-5H3. The lowest BCUT2D eigenvalue weighted by atomic mass is 9.80. The predicted molar refractivity (Wildman–Crippen MR) is 616 cm³/mol. The number of allylic oxidation sites excluding steroid dienone is 7. The van der Waals surface area contributed by atoms with Crippen molar-refractivity contribution >= 4 is 130 Å². The number of nitrogens with zero attached hydrogens (tertiary/aromatic N) is 4. The summed E-state index contributed by atoms with van der Waals surface area (Å²) in [5, 5.41) is 14.2. The Morgan fingerprint density at radius 2 is 0.804 bits per heavy atom. The van der Waals surface area contributed by atoms with Crippen LogP contribution in [0.5, 0.6) is 0 Å². The number of rotatable bonds is 21. The van der Waals surface area contributed by atoms with Crippen LogP contribution in [0.25, 0.3) is 118 Å². The molecular formula is C139H118N4. The Labute approximate surface area is 842 Å². The predicted octanol–water partition coefficient (Wildman–Crippen LogP) is 34.2. The summed E-state index contributed by atoms with van der Waals surface area (Å²) in [6.45, 7) is 28.4. The molecule has 3 aliphatic carbocycles. The van der Waals surface area contributed by atoms with Crippen molar-refractivity contribution in [3.05, 3.63) is 565 Å². The summed E-state index contributed by atoms with van der Waals surface area (Å²) in [4.78, 5) is 9.90. The van der Waals surface area contributed by atoms with E-state index in [1.54, 1.807) is 0 Å². The Morgan fingerprint density at radius 1 is 0.343 bits per heavy atom. The van der Waals surface area contributed by atoms with Crippen molar-refractivity contribution in [2.45, 2.75) is 100 Å². The van der Waals surface area contributed by atoms with E-state index in [1.807, 2.05) is 12.2 Å². The molecule has 4 nitrogen and oxygen atoms in total. The van der Waals surface area contributed by atoms with Gasteiger partial charge in [-0.05, 0) is 336 Å². The fourth-order valence-corrected chi connectivity index (χ4v) is 21.5. The van der Waals surface area contributed by atoms with Gasteiger partial charge in [-0.3, -0.25) is 0 Å². The number of hydrogen-bond acceptors (Lipinski definition) is 4. The van der Waals surface area contributed by atoms with Gasteiger partial charge < -0.3 is 19.6 Å². The van der Waals surface area contributed by atoms with Gasteiger partial charge in [0.05, 0.1) is 23.1 Å². The molecule has 4 heteroatoms. The maximum atomic E-state index is 4.48. The zero-order valence-corrected chi connectivity index (χ0v) is 83.2. The summed E-state index contributed by atoms with van der Waals surface area (Å²) in [7, 11) is 0. The molecule has 19 aromatic rings. The molecule has 0 bridgehead atoms. The summed E-state index contributed by atoms with van der Waals surface area (Å²) >= 11 is 0. The molecule has 0 saturated heterocycles. The Balaban J connectivity index is 0.000000172. The van der Waals surface area contributed by atoms with Gasteiger partial charge in [-0.2, -0.15) is 0 Å². The molecule has 1 atom stereocenters.